The van der Waals surface area contributed by atoms with Crippen molar-refractivity contribution in [2.75, 3.05) is 18.4 Å². The Labute approximate surface area is 127 Å². The first-order valence-corrected chi connectivity index (χ1v) is 7.34. The molecule has 0 heterocycles. The first kappa shape index (κ1) is 15.9. The van der Waals surface area contributed by atoms with E-state index in [1.807, 2.05) is 25.1 Å². The number of carbonyl (C=O) groups is 1. The molecule has 1 rings (SSSR count). The summed E-state index contributed by atoms with van der Waals surface area (Å²) < 4.78 is 0.881. The van der Waals surface area contributed by atoms with Gasteiger partial charge in [0, 0.05) is 35.2 Å². The van der Waals surface area contributed by atoms with Gasteiger partial charge >= 0.3 is 0 Å². The highest BCUT2D eigenvalue weighted by Crippen LogP contribution is 2.23. The summed E-state index contributed by atoms with van der Waals surface area (Å²) in [6.07, 6.45) is 1.40. The Balaban J connectivity index is 2.45. The van der Waals surface area contributed by atoms with Gasteiger partial charge in [-0.2, -0.15) is 0 Å². The summed E-state index contributed by atoms with van der Waals surface area (Å²) in [5, 5.41) is 6.03. The minimum absolute atomic E-state index is 0.0604. The fourth-order valence-corrected chi connectivity index (χ4v) is 2.12. The van der Waals surface area contributed by atoms with Gasteiger partial charge in [0.2, 0.25) is 5.91 Å². The molecule has 0 radical (unpaired) electrons. The van der Waals surface area contributed by atoms with Crippen LogP contribution >= 0.6 is 28.1 Å². The molecule has 6 heteroatoms. The number of rotatable bonds is 7. The van der Waals surface area contributed by atoms with Crippen LogP contribution in [0.3, 0.4) is 0 Å². The van der Waals surface area contributed by atoms with E-state index in [0.717, 1.165) is 28.7 Å². The van der Waals surface area contributed by atoms with E-state index < -0.39 is 0 Å². The minimum Gasteiger partial charge on any atom is -0.389 e. The van der Waals surface area contributed by atoms with Crippen molar-refractivity contribution < 1.29 is 4.79 Å². The lowest BCUT2D eigenvalue weighted by Gasteiger charge is -2.10. The quantitative estimate of drug-likeness (QED) is 0.665. The molecule has 104 valence electrons. The van der Waals surface area contributed by atoms with Crippen LogP contribution in [0.2, 0.25) is 0 Å². The molecule has 0 bridgehead atoms. The van der Waals surface area contributed by atoms with Crippen molar-refractivity contribution in [2.24, 2.45) is 5.73 Å². The van der Waals surface area contributed by atoms with E-state index in [2.05, 4.69) is 26.6 Å². The van der Waals surface area contributed by atoms with Gasteiger partial charge in [0.25, 0.3) is 0 Å². The third kappa shape index (κ3) is 5.57. The lowest BCUT2D eigenvalue weighted by atomic mass is 10.2. The number of nitrogens with one attached hydrogen (secondary N) is 2. The standard InChI is InChI=1S/C13H18BrN3OS/c1-2-6-17-12(18)5-7-16-11-4-3-9(13(15)19)8-10(11)14/h3-4,8,16H,2,5-7H2,1H3,(H2,15,19)(H,17,18). The summed E-state index contributed by atoms with van der Waals surface area (Å²) in [5.74, 6) is 0.0604. The summed E-state index contributed by atoms with van der Waals surface area (Å²) in [4.78, 5) is 11.8. The topological polar surface area (TPSA) is 67.2 Å². The number of hydrogen-bond acceptors (Lipinski definition) is 3. The zero-order valence-electron chi connectivity index (χ0n) is 10.8. The number of nitrogens with two attached hydrogens (primary N) is 1. The lowest BCUT2D eigenvalue weighted by Crippen LogP contribution is -2.25. The second-order valence-corrected chi connectivity index (χ2v) is 5.38. The van der Waals surface area contributed by atoms with Crippen LogP contribution in [0.4, 0.5) is 5.69 Å². The van der Waals surface area contributed by atoms with Gasteiger partial charge < -0.3 is 16.4 Å². The van der Waals surface area contributed by atoms with Crippen molar-refractivity contribution in [1.29, 1.82) is 0 Å². The van der Waals surface area contributed by atoms with Crippen LogP contribution in [0.5, 0.6) is 0 Å². The summed E-state index contributed by atoms with van der Waals surface area (Å²) in [5.41, 5.74) is 7.29. The van der Waals surface area contributed by atoms with Crippen LogP contribution in [-0.2, 0) is 4.79 Å². The zero-order chi connectivity index (χ0) is 14.3. The van der Waals surface area contributed by atoms with Crippen molar-refractivity contribution in [2.45, 2.75) is 19.8 Å². The molecule has 0 aliphatic carbocycles. The average molecular weight is 344 g/mol. The minimum atomic E-state index is 0.0604. The van der Waals surface area contributed by atoms with E-state index in [1.165, 1.54) is 0 Å². The average Bonchev–Trinajstić information content (AvgIpc) is 2.38. The predicted molar refractivity (Wildman–Crippen MR) is 86.4 cm³/mol. The second-order valence-electron chi connectivity index (χ2n) is 4.09. The smallest absolute Gasteiger partial charge is 0.221 e. The Kier molecular flexibility index (Phi) is 6.80. The molecule has 1 aromatic rings. The van der Waals surface area contributed by atoms with E-state index in [4.69, 9.17) is 18.0 Å². The molecule has 1 aromatic carbocycles. The molecule has 4 N–H and O–H groups in total. The van der Waals surface area contributed by atoms with Crippen LogP contribution in [0.1, 0.15) is 25.3 Å². The molecule has 0 aliphatic heterocycles. The van der Waals surface area contributed by atoms with E-state index in [0.29, 0.717) is 18.0 Å². The van der Waals surface area contributed by atoms with Crippen molar-refractivity contribution >= 4 is 44.7 Å². The number of hydrogen-bond donors (Lipinski definition) is 3. The van der Waals surface area contributed by atoms with Crippen LogP contribution in [0.25, 0.3) is 0 Å². The molecule has 0 unspecified atom stereocenters. The maximum Gasteiger partial charge on any atom is 0.221 e. The molecule has 1 amide bonds. The Hall–Kier alpha value is -1.14. The Morgan fingerprint density at radius 2 is 2.16 bits per heavy atom. The lowest BCUT2D eigenvalue weighted by molar-refractivity contribution is -0.120. The maximum atomic E-state index is 11.4. The number of halogens is 1. The summed E-state index contributed by atoms with van der Waals surface area (Å²) in [6, 6.07) is 5.61. The highest BCUT2D eigenvalue weighted by atomic mass is 79.9. The largest absolute Gasteiger partial charge is 0.389 e. The molecule has 0 atom stereocenters. The molecule has 0 aliphatic rings. The third-order valence-corrected chi connectivity index (χ3v) is 3.39. The zero-order valence-corrected chi connectivity index (χ0v) is 13.2. The Morgan fingerprint density at radius 1 is 1.42 bits per heavy atom. The number of carbonyl (C=O) groups excluding carboxylic acids is 1. The highest BCUT2D eigenvalue weighted by molar-refractivity contribution is 9.10. The summed E-state index contributed by atoms with van der Waals surface area (Å²) in [6.45, 7) is 3.34. The van der Waals surface area contributed by atoms with Crippen LogP contribution in [0.15, 0.2) is 22.7 Å². The Bertz CT molecular complexity index is 465. The second kappa shape index (κ2) is 8.12. The van der Waals surface area contributed by atoms with Gasteiger partial charge in [-0.15, -0.1) is 0 Å². The van der Waals surface area contributed by atoms with Crippen molar-refractivity contribution in [3.63, 3.8) is 0 Å². The summed E-state index contributed by atoms with van der Waals surface area (Å²) >= 11 is 8.36. The first-order valence-electron chi connectivity index (χ1n) is 6.14. The van der Waals surface area contributed by atoms with Gasteiger partial charge in [-0.05, 0) is 40.5 Å². The normalized spacial score (nSPS) is 10.0. The maximum absolute atomic E-state index is 11.4. The monoisotopic (exact) mass is 343 g/mol. The fourth-order valence-electron chi connectivity index (χ4n) is 1.48. The van der Waals surface area contributed by atoms with Crippen LogP contribution in [-0.4, -0.2) is 24.0 Å². The van der Waals surface area contributed by atoms with Gasteiger partial charge in [0.1, 0.15) is 4.99 Å². The van der Waals surface area contributed by atoms with Gasteiger partial charge in [-0.3, -0.25) is 4.79 Å². The van der Waals surface area contributed by atoms with E-state index in [9.17, 15) is 4.79 Å². The van der Waals surface area contributed by atoms with Gasteiger partial charge in [-0.1, -0.05) is 19.1 Å². The van der Waals surface area contributed by atoms with E-state index >= 15 is 0 Å². The summed E-state index contributed by atoms with van der Waals surface area (Å²) in [7, 11) is 0. The number of thiocarbonyl (C=S) groups is 1. The molecule has 0 saturated heterocycles. The van der Waals surface area contributed by atoms with Gasteiger partial charge in [-0.25, -0.2) is 0 Å². The molecule has 0 aromatic heterocycles. The van der Waals surface area contributed by atoms with Crippen molar-refractivity contribution in [1.82, 2.24) is 5.32 Å². The SMILES string of the molecule is CCCNC(=O)CCNc1ccc(C(N)=S)cc1Br. The van der Waals surface area contributed by atoms with Crippen LogP contribution in [0, 0.1) is 0 Å². The van der Waals surface area contributed by atoms with Gasteiger partial charge in [0.15, 0.2) is 0 Å². The van der Waals surface area contributed by atoms with Crippen molar-refractivity contribution in [3.8, 4) is 0 Å². The van der Waals surface area contributed by atoms with Crippen molar-refractivity contribution in [3.05, 3.63) is 28.2 Å². The molecular weight excluding hydrogens is 326 g/mol. The Morgan fingerprint density at radius 3 is 2.74 bits per heavy atom. The predicted octanol–water partition coefficient (Wildman–Crippen LogP) is 2.41. The van der Waals surface area contributed by atoms with Gasteiger partial charge in [0.05, 0.1) is 0 Å². The fraction of sp³-hybridized carbons (Fsp3) is 0.385. The molecular formula is C13H18BrN3OS. The number of amides is 1. The molecule has 0 fully saturated rings. The van der Waals surface area contributed by atoms with Crippen LogP contribution < -0.4 is 16.4 Å². The van der Waals surface area contributed by atoms with E-state index in [1.54, 1.807) is 0 Å². The molecule has 0 saturated carbocycles. The molecule has 19 heavy (non-hydrogen) atoms. The molecule has 4 nitrogen and oxygen atoms in total. The molecule has 0 spiro atoms. The number of anilines is 1. The van der Waals surface area contributed by atoms with E-state index in [-0.39, 0.29) is 5.91 Å². The third-order valence-electron chi connectivity index (χ3n) is 2.49. The number of benzene rings is 1. The highest BCUT2D eigenvalue weighted by Gasteiger charge is 2.04. The first-order chi connectivity index (χ1) is 9.04.